The lowest BCUT2D eigenvalue weighted by Gasteiger charge is -2.13. The summed E-state index contributed by atoms with van der Waals surface area (Å²) >= 11 is 0. The van der Waals surface area contributed by atoms with E-state index in [1.165, 1.54) is 0 Å². The highest BCUT2D eigenvalue weighted by Crippen LogP contribution is 2.34. The van der Waals surface area contributed by atoms with E-state index >= 15 is 0 Å². The summed E-state index contributed by atoms with van der Waals surface area (Å²) in [5.41, 5.74) is 10.4. The predicted molar refractivity (Wildman–Crippen MR) is 193 cm³/mol. The summed E-state index contributed by atoms with van der Waals surface area (Å²) in [7, 11) is 0. The largest absolute Gasteiger partial charge is 0.248 e. The first-order chi connectivity index (χ1) is 23.1. The number of rotatable bonds is 7. The number of aryl methyl sites for hydroxylation is 1. The smallest absolute Gasteiger partial charge is 0.164 e. The number of para-hydroxylation sites is 1. The van der Waals surface area contributed by atoms with E-state index in [2.05, 4.69) is 67.6 Å². The van der Waals surface area contributed by atoms with Crippen molar-refractivity contribution in [3.05, 3.63) is 157 Å². The van der Waals surface area contributed by atoms with Gasteiger partial charge in [0.2, 0.25) is 0 Å². The number of benzene rings is 4. The molecule has 0 aliphatic rings. The summed E-state index contributed by atoms with van der Waals surface area (Å²) in [5, 5.41) is 1.10. The Morgan fingerprint density at radius 1 is 0.489 bits per heavy atom. The molecule has 0 aliphatic heterocycles. The van der Waals surface area contributed by atoms with Crippen LogP contribution >= 0.6 is 0 Å². The van der Waals surface area contributed by atoms with Crippen molar-refractivity contribution in [2.24, 2.45) is 0 Å². The Kier molecular flexibility index (Phi) is 8.27. The molecule has 0 amide bonds. The number of aromatic nitrogens is 5. The monoisotopic (exact) mass is 607 g/mol. The van der Waals surface area contributed by atoms with Crippen LogP contribution in [0, 0.1) is 6.92 Å². The van der Waals surface area contributed by atoms with Crippen molar-refractivity contribution in [2.75, 3.05) is 0 Å². The second kappa shape index (κ2) is 13.1. The Bertz CT molecular complexity index is 2210. The second-order valence-corrected chi connectivity index (χ2v) is 11.4. The number of fused-ring (bicyclic) bond motifs is 1. The molecule has 0 fully saturated rings. The molecule has 5 heteroatoms. The van der Waals surface area contributed by atoms with E-state index in [0.717, 1.165) is 66.9 Å². The van der Waals surface area contributed by atoms with Crippen LogP contribution < -0.4 is 0 Å². The van der Waals surface area contributed by atoms with Crippen LogP contribution in [0.3, 0.4) is 0 Å². The van der Waals surface area contributed by atoms with Crippen LogP contribution in [0.5, 0.6) is 0 Å². The van der Waals surface area contributed by atoms with Crippen LogP contribution in [0.15, 0.2) is 146 Å². The van der Waals surface area contributed by atoms with Crippen molar-refractivity contribution in [1.29, 1.82) is 0 Å². The first-order valence-electron chi connectivity index (χ1n) is 15.7. The Labute approximate surface area is 275 Å². The molecule has 4 aromatic carbocycles. The molecule has 0 aliphatic carbocycles. The maximum absolute atomic E-state index is 5.15. The van der Waals surface area contributed by atoms with Crippen molar-refractivity contribution in [1.82, 2.24) is 24.9 Å². The topological polar surface area (TPSA) is 64.5 Å². The van der Waals surface area contributed by atoms with Crippen LogP contribution in [0.1, 0.15) is 25.1 Å². The molecular weight excluding hydrogens is 574 g/mol. The van der Waals surface area contributed by atoms with Crippen LogP contribution in [-0.2, 0) is 0 Å². The molecule has 0 N–H and O–H groups in total. The van der Waals surface area contributed by atoms with E-state index < -0.39 is 0 Å². The molecule has 0 saturated heterocycles. The van der Waals surface area contributed by atoms with Gasteiger partial charge in [0.25, 0.3) is 0 Å². The molecule has 0 radical (unpaired) electrons. The van der Waals surface area contributed by atoms with E-state index in [-0.39, 0.29) is 0 Å². The van der Waals surface area contributed by atoms with E-state index in [4.69, 9.17) is 24.9 Å². The Hall–Kier alpha value is -6.07. The molecule has 0 saturated carbocycles. The first-order valence-corrected chi connectivity index (χ1v) is 15.7. The normalized spacial score (nSPS) is 11.8. The van der Waals surface area contributed by atoms with Gasteiger partial charge in [-0.15, -0.1) is 0 Å². The van der Waals surface area contributed by atoms with Crippen molar-refractivity contribution in [3.63, 3.8) is 0 Å². The zero-order valence-corrected chi connectivity index (χ0v) is 26.6. The van der Waals surface area contributed by atoms with Crippen LogP contribution in [0.2, 0.25) is 0 Å². The zero-order valence-electron chi connectivity index (χ0n) is 26.6. The van der Waals surface area contributed by atoms with E-state index in [9.17, 15) is 0 Å². The maximum Gasteiger partial charge on any atom is 0.164 e. The molecule has 0 bridgehead atoms. The summed E-state index contributed by atoms with van der Waals surface area (Å²) in [6.07, 6.45) is 6.22. The minimum Gasteiger partial charge on any atom is -0.248 e. The molecule has 47 heavy (non-hydrogen) atoms. The van der Waals surface area contributed by atoms with E-state index in [0.29, 0.717) is 17.5 Å². The van der Waals surface area contributed by atoms with Crippen molar-refractivity contribution < 1.29 is 0 Å². The quantitative estimate of drug-likeness (QED) is 0.169. The van der Waals surface area contributed by atoms with E-state index in [1.54, 1.807) is 0 Å². The SMILES string of the molecule is C/C=C\C(=C/C)c1cc(C)cc(-c2cc(-c3ccc4ccccc4n3)cc(-c3nc(-c4ccccc4)nc(-c4ccccc4)n3)c2)n1. The lowest BCUT2D eigenvalue weighted by Crippen LogP contribution is -2.01. The van der Waals surface area contributed by atoms with Crippen LogP contribution in [0.25, 0.3) is 73.2 Å². The van der Waals surface area contributed by atoms with E-state index in [1.807, 2.05) is 98.8 Å². The predicted octanol–water partition coefficient (Wildman–Crippen LogP) is 10.4. The van der Waals surface area contributed by atoms with Gasteiger partial charge in [-0.2, -0.15) is 0 Å². The fraction of sp³-hybridized carbons (Fsp3) is 0.0714. The van der Waals surface area contributed by atoms with Gasteiger partial charge >= 0.3 is 0 Å². The number of allylic oxidation sites excluding steroid dienone is 4. The summed E-state index contributed by atoms with van der Waals surface area (Å²) < 4.78 is 0. The van der Waals surface area contributed by atoms with Gasteiger partial charge < -0.3 is 0 Å². The highest BCUT2D eigenvalue weighted by molar-refractivity contribution is 5.84. The Balaban J connectivity index is 1.47. The number of hydrogen-bond donors (Lipinski definition) is 0. The fourth-order valence-corrected chi connectivity index (χ4v) is 5.69. The molecular formula is C42H33N5. The van der Waals surface area contributed by atoms with Gasteiger partial charge in [-0.05, 0) is 74.4 Å². The van der Waals surface area contributed by atoms with Gasteiger partial charge in [-0.25, -0.2) is 24.9 Å². The third kappa shape index (κ3) is 6.37. The average molecular weight is 608 g/mol. The Morgan fingerprint density at radius 3 is 1.70 bits per heavy atom. The lowest BCUT2D eigenvalue weighted by atomic mass is 9.98. The summed E-state index contributed by atoms with van der Waals surface area (Å²) in [6.45, 7) is 6.17. The average Bonchev–Trinajstić information content (AvgIpc) is 3.13. The number of hydrogen-bond acceptors (Lipinski definition) is 5. The molecule has 5 nitrogen and oxygen atoms in total. The van der Waals surface area contributed by atoms with Gasteiger partial charge in [-0.3, -0.25) is 0 Å². The highest BCUT2D eigenvalue weighted by Gasteiger charge is 2.16. The summed E-state index contributed by atoms with van der Waals surface area (Å²) in [5.74, 6) is 1.81. The summed E-state index contributed by atoms with van der Waals surface area (Å²) in [4.78, 5) is 25.2. The lowest BCUT2D eigenvalue weighted by molar-refractivity contribution is 1.07. The third-order valence-corrected chi connectivity index (χ3v) is 8.00. The minimum absolute atomic E-state index is 0.581. The number of pyridine rings is 2. The number of nitrogens with zero attached hydrogens (tertiary/aromatic N) is 5. The molecule has 226 valence electrons. The standard InChI is InChI=1S/C42H33N5/c1-4-14-29(5-2)38-23-28(3)24-39(44-38)34-25-33(37-22-21-30-15-12-13-20-36(30)43-37)26-35(27-34)42-46-40(31-16-8-6-9-17-31)45-41(47-42)32-18-10-7-11-19-32/h4-27H,1-3H3/b14-4-,29-5+. The molecule has 3 aromatic heterocycles. The molecule has 7 aromatic rings. The van der Waals surface area contributed by atoms with Crippen molar-refractivity contribution in [3.8, 4) is 56.7 Å². The molecule has 3 heterocycles. The van der Waals surface area contributed by atoms with Gasteiger partial charge in [0.1, 0.15) is 0 Å². The molecule has 0 unspecified atom stereocenters. The van der Waals surface area contributed by atoms with Gasteiger partial charge in [0.05, 0.1) is 22.6 Å². The molecule has 0 spiro atoms. The van der Waals surface area contributed by atoms with Crippen LogP contribution in [-0.4, -0.2) is 24.9 Å². The second-order valence-electron chi connectivity index (χ2n) is 11.4. The van der Waals surface area contributed by atoms with Gasteiger partial charge in [0, 0.05) is 33.2 Å². The zero-order chi connectivity index (χ0) is 32.2. The first kappa shape index (κ1) is 29.6. The fourth-order valence-electron chi connectivity index (χ4n) is 5.69. The van der Waals surface area contributed by atoms with Gasteiger partial charge in [-0.1, -0.05) is 103 Å². The van der Waals surface area contributed by atoms with Gasteiger partial charge in [0.15, 0.2) is 17.5 Å². The Morgan fingerprint density at radius 2 is 1.06 bits per heavy atom. The third-order valence-electron chi connectivity index (χ3n) is 8.00. The highest BCUT2D eigenvalue weighted by atomic mass is 15.0. The maximum atomic E-state index is 5.15. The molecule has 7 rings (SSSR count). The van der Waals surface area contributed by atoms with Crippen LogP contribution in [0.4, 0.5) is 0 Å². The van der Waals surface area contributed by atoms with Crippen molar-refractivity contribution in [2.45, 2.75) is 20.8 Å². The van der Waals surface area contributed by atoms with Crippen molar-refractivity contribution >= 4 is 16.5 Å². The molecule has 0 atom stereocenters. The summed E-state index contributed by atoms with van der Waals surface area (Å²) in [6, 6.07) is 43.1. The minimum atomic E-state index is 0.581.